The Hall–Kier alpha value is -2.30. The third-order valence-corrected chi connectivity index (χ3v) is 2.32. The lowest BCUT2D eigenvalue weighted by Gasteiger charge is -2.07. The Morgan fingerprint density at radius 3 is 2.47 bits per heavy atom. The number of hydrogen-bond acceptors (Lipinski definition) is 4. The van der Waals surface area contributed by atoms with E-state index in [0.717, 1.165) is 11.4 Å². The molecule has 2 aromatic rings. The summed E-state index contributed by atoms with van der Waals surface area (Å²) in [5.74, 6) is 1.42. The first-order chi connectivity index (χ1) is 8.19. The van der Waals surface area contributed by atoms with Crippen molar-refractivity contribution in [3.63, 3.8) is 0 Å². The number of hydrogen-bond donors (Lipinski definition) is 1. The van der Waals surface area contributed by atoms with E-state index in [1.54, 1.807) is 20.2 Å². The molecular weight excluding hydrogens is 218 g/mol. The lowest BCUT2D eigenvalue weighted by atomic mass is 10.3. The topological polar surface area (TPSA) is 56.1 Å². The average Bonchev–Trinajstić information content (AvgIpc) is 2.35. The molecule has 5 nitrogen and oxygen atoms in total. The largest absolute Gasteiger partial charge is 0.497 e. The first-order valence-electron chi connectivity index (χ1n) is 5.14. The summed E-state index contributed by atoms with van der Waals surface area (Å²) in [4.78, 5) is 11.2. The second-order valence-electron chi connectivity index (χ2n) is 3.53. The number of aromatic nitrogens is 2. The van der Waals surface area contributed by atoms with Gasteiger partial charge in [0.1, 0.15) is 5.75 Å². The van der Waals surface area contributed by atoms with Gasteiger partial charge in [0.15, 0.2) is 5.82 Å². The maximum atomic E-state index is 11.2. The number of anilines is 2. The molecule has 5 heteroatoms. The molecule has 1 aromatic heterocycles. The molecule has 0 spiro atoms. The number of benzene rings is 1. The van der Waals surface area contributed by atoms with Crippen LogP contribution in [0.15, 0.2) is 41.2 Å². The molecule has 0 radical (unpaired) electrons. The lowest BCUT2D eigenvalue weighted by Crippen LogP contribution is -2.18. The van der Waals surface area contributed by atoms with Crippen molar-refractivity contribution in [1.82, 2.24) is 9.78 Å². The minimum absolute atomic E-state index is 0.134. The molecule has 0 aliphatic rings. The second kappa shape index (κ2) is 4.69. The fourth-order valence-corrected chi connectivity index (χ4v) is 1.39. The van der Waals surface area contributed by atoms with Gasteiger partial charge in [0.05, 0.1) is 7.11 Å². The highest BCUT2D eigenvalue weighted by Gasteiger charge is 1.98. The molecule has 0 aliphatic heterocycles. The predicted octanol–water partition coefficient (Wildman–Crippen LogP) is 1.53. The molecule has 0 aliphatic carbocycles. The summed E-state index contributed by atoms with van der Waals surface area (Å²) in [6.07, 6.45) is 0. The van der Waals surface area contributed by atoms with Gasteiger partial charge in [0.25, 0.3) is 5.56 Å². The highest BCUT2D eigenvalue weighted by atomic mass is 16.5. The maximum absolute atomic E-state index is 11.2. The van der Waals surface area contributed by atoms with Crippen LogP contribution in [0.25, 0.3) is 0 Å². The van der Waals surface area contributed by atoms with Crippen molar-refractivity contribution < 1.29 is 4.74 Å². The molecule has 88 valence electrons. The third kappa shape index (κ3) is 2.63. The number of rotatable bonds is 3. The van der Waals surface area contributed by atoms with E-state index in [2.05, 4.69) is 10.4 Å². The van der Waals surface area contributed by atoms with Gasteiger partial charge in [-0.2, -0.15) is 5.10 Å². The van der Waals surface area contributed by atoms with E-state index in [-0.39, 0.29) is 5.56 Å². The average molecular weight is 231 g/mol. The van der Waals surface area contributed by atoms with Gasteiger partial charge in [-0.25, -0.2) is 4.68 Å². The van der Waals surface area contributed by atoms with Crippen molar-refractivity contribution in [2.24, 2.45) is 7.05 Å². The SMILES string of the molecule is COc1ccc(Nc2ccc(=O)n(C)n2)cc1. The molecule has 0 fully saturated rings. The van der Waals surface area contributed by atoms with Crippen LogP contribution in [0.1, 0.15) is 0 Å². The van der Waals surface area contributed by atoms with Crippen molar-refractivity contribution in [2.45, 2.75) is 0 Å². The number of aryl methyl sites for hydroxylation is 1. The fourth-order valence-electron chi connectivity index (χ4n) is 1.39. The summed E-state index contributed by atoms with van der Waals surface area (Å²) >= 11 is 0. The van der Waals surface area contributed by atoms with Gasteiger partial charge in [0.2, 0.25) is 0 Å². The van der Waals surface area contributed by atoms with E-state index in [4.69, 9.17) is 4.74 Å². The van der Waals surface area contributed by atoms with E-state index >= 15 is 0 Å². The molecule has 1 N–H and O–H groups in total. The van der Waals surface area contributed by atoms with Crippen molar-refractivity contribution in [2.75, 3.05) is 12.4 Å². The van der Waals surface area contributed by atoms with Crippen LogP contribution in [0.3, 0.4) is 0 Å². The second-order valence-corrected chi connectivity index (χ2v) is 3.53. The Morgan fingerprint density at radius 2 is 1.88 bits per heavy atom. The Bertz CT molecular complexity index is 561. The van der Waals surface area contributed by atoms with Crippen LogP contribution in [0, 0.1) is 0 Å². The van der Waals surface area contributed by atoms with Crippen LogP contribution in [-0.4, -0.2) is 16.9 Å². The van der Waals surface area contributed by atoms with Crippen LogP contribution in [0.2, 0.25) is 0 Å². The summed E-state index contributed by atoms with van der Waals surface area (Å²) in [6.45, 7) is 0. The van der Waals surface area contributed by atoms with Crippen molar-refractivity contribution in [3.8, 4) is 5.75 Å². The first-order valence-corrected chi connectivity index (χ1v) is 5.14. The Morgan fingerprint density at radius 1 is 1.18 bits per heavy atom. The summed E-state index contributed by atoms with van der Waals surface area (Å²) in [5, 5.41) is 7.17. The smallest absolute Gasteiger partial charge is 0.266 e. The predicted molar refractivity (Wildman–Crippen MR) is 65.8 cm³/mol. The van der Waals surface area contributed by atoms with Gasteiger partial charge >= 0.3 is 0 Å². The Kier molecular flexibility index (Phi) is 3.09. The molecule has 0 unspecified atom stereocenters. The monoisotopic (exact) mass is 231 g/mol. The van der Waals surface area contributed by atoms with E-state index in [1.165, 1.54) is 10.7 Å². The molecule has 17 heavy (non-hydrogen) atoms. The van der Waals surface area contributed by atoms with Gasteiger partial charge < -0.3 is 10.1 Å². The van der Waals surface area contributed by atoms with E-state index in [1.807, 2.05) is 24.3 Å². The van der Waals surface area contributed by atoms with Crippen LogP contribution in [-0.2, 0) is 7.05 Å². The molecule has 0 saturated heterocycles. The molecule has 0 bridgehead atoms. The fraction of sp³-hybridized carbons (Fsp3) is 0.167. The molecule has 2 rings (SSSR count). The van der Waals surface area contributed by atoms with Gasteiger partial charge in [-0.05, 0) is 30.3 Å². The number of nitrogens with zero attached hydrogens (tertiary/aromatic N) is 2. The van der Waals surface area contributed by atoms with Crippen LogP contribution < -0.4 is 15.6 Å². The lowest BCUT2D eigenvalue weighted by molar-refractivity contribution is 0.415. The minimum atomic E-state index is -0.134. The van der Waals surface area contributed by atoms with Crippen molar-refractivity contribution in [3.05, 3.63) is 46.8 Å². The summed E-state index contributed by atoms with van der Waals surface area (Å²) in [7, 11) is 3.23. The number of nitrogens with one attached hydrogen (secondary N) is 1. The quantitative estimate of drug-likeness (QED) is 0.870. The molecule has 1 aromatic carbocycles. The van der Waals surface area contributed by atoms with Gasteiger partial charge in [-0.15, -0.1) is 0 Å². The minimum Gasteiger partial charge on any atom is -0.497 e. The van der Waals surface area contributed by atoms with Gasteiger partial charge in [0, 0.05) is 18.8 Å². The Balaban J connectivity index is 2.19. The molecular formula is C12H13N3O2. The summed E-state index contributed by atoms with van der Waals surface area (Å²) in [6, 6.07) is 10.6. The van der Waals surface area contributed by atoms with Crippen LogP contribution in [0.5, 0.6) is 5.75 Å². The molecule has 0 atom stereocenters. The number of methoxy groups -OCH3 is 1. The van der Waals surface area contributed by atoms with E-state index < -0.39 is 0 Å². The highest BCUT2D eigenvalue weighted by molar-refractivity contribution is 5.56. The molecule has 0 saturated carbocycles. The third-order valence-electron chi connectivity index (χ3n) is 2.32. The van der Waals surface area contributed by atoms with Crippen molar-refractivity contribution in [1.29, 1.82) is 0 Å². The zero-order valence-corrected chi connectivity index (χ0v) is 9.68. The highest BCUT2D eigenvalue weighted by Crippen LogP contribution is 2.17. The van der Waals surface area contributed by atoms with E-state index in [0.29, 0.717) is 5.82 Å². The van der Waals surface area contributed by atoms with E-state index in [9.17, 15) is 4.79 Å². The van der Waals surface area contributed by atoms with Gasteiger partial charge in [-0.1, -0.05) is 0 Å². The van der Waals surface area contributed by atoms with Crippen LogP contribution >= 0.6 is 0 Å². The van der Waals surface area contributed by atoms with Crippen LogP contribution in [0.4, 0.5) is 11.5 Å². The maximum Gasteiger partial charge on any atom is 0.266 e. The zero-order valence-electron chi connectivity index (χ0n) is 9.68. The molecule has 1 heterocycles. The summed E-state index contributed by atoms with van der Waals surface area (Å²) < 4.78 is 6.35. The summed E-state index contributed by atoms with van der Waals surface area (Å²) in [5.41, 5.74) is 0.752. The Labute approximate surface area is 98.7 Å². The zero-order chi connectivity index (χ0) is 12.3. The standard InChI is InChI=1S/C12H13N3O2/c1-15-12(16)8-7-11(14-15)13-9-3-5-10(17-2)6-4-9/h3-8H,1-2H3,(H,13,14). The van der Waals surface area contributed by atoms with Crippen molar-refractivity contribution >= 4 is 11.5 Å². The molecule has 0 amide bonds. The first kappa shape index (κ1) is 11.2. The number of ether oxygens (including phenoxy) is 1. The normalized spacial score (nSPS) is 10.0. The van der Waals surface area contributed by atoms with Gasteiger partial charge in [-0.3, -0.25) is 4.79 Å².